The Balaban J connectivity index is 1.58. The Morgan fingerprint density at radius 1 is 1.00 bits per heavy atom. The van der Waals surface area contributed by atoms with Crippen LogP contribution in [0, 0.1) is 13.8 Å². The van der Waals surface area contributed by atoms with E-state index in [0.29, 0.717) is 12.2 Å². The van der Waals surface area contributed by atoms with Crippen LogP contribution >= 0.6 is 11.8 Å². The maximum Gasteiger partial charge on any atom is 0.255 e. The van der Waals surface area contributed by atoms with E-state index in [2.05, 4.69) is 22.2 Å². The summed E-state index contributed by atoms with van der Waals surface area (Å²) < 4.78 is 5.63. The van der Waals surface area contributed by atoms with Crippen LogP contribution < -0.4 is 10.1 Å². The van der Waals surface area contributed by atoms with Crippen molar-refractivity contribution in [3.63, 3.8) is 0 Å². The molecule has 6 heteroatoms. The molecule has 0 aliphatic rings. The van der Waals surface area contributed by atoms with Gasteiger partial charge in [-0.05, 0) is 86.6 Å². The van der Waals surface area contributed by atoms with Crippen molar-refractivity contribution in [2.75, 3.05) is 11.9 Å². The largest absolute Gasteiger partial charge is 0.494 e. The van der Waals surface area contributed by atoms with Gasteiger partial charge in [-0.25, -0.2) is 9.97 Å². The van der Waals surface area contributed by atoms with Gasteiger partial charge >= 0.3 is 0 Å². The van der Waals surface area contributed by atoms with Gasteiger partial charge in [-0.2, -0.15) is 0 Å². The fraction of sp³-hybridized carbons (Fsp3) is 0.261. The third-order valence-corrected chi connectivity index (χ3v) is 5.04. The van der Waals surface area contributed by atoms with Crippen LogP contribution in [0.5, 0.6) is 5.75 Å². The van der Waals surface area contributed by atoms with Gasteiger partial charge in [-0.15, -0.1) is 0 Å². The first kappa shape index (κ1) is 20.9. The molecule has 3 aromatic rings. The zero-order chi connectivity index (χ0) is 20.6. The summed E-state index contributed by atoms with van der Waals surface area (Å²) in [4.78, 5) is 22.4. The SMILES string of the molecule is CCCCOc1ccc(C(=O)Nc2ccc(Sc3nc(C)cc(C)n3)cc2)cc1. The molecule has 150 valence electrons. The molecule has 2 aromatic carbocycles. The second-order valence-electron chi connectivity index (χ2n) is 6.74. The fourth-order valence-corrected chi connectivity index (χ4v) is 3.55. The molecule has 3 rings (SSSR count). The minimum Gasteiger partial charge on any atom is -0.494 e. The Bertz CT molecular complexity index is 937. The predicted octanol–water partition coefficient (Wildman–Crippen LogP) is 5.68. The lowest BCUT2D eigenvalue weighted by Gasteiger charge is -2.08. The second kappa shape index (κ2) is 10.1. The number of amides is 1. The second-order valence-corrected chi connectivity index (χ2v) is 7.78. The molecule has 1 heterocycles. The summed E-state index contributed by atoms with van der Waals surface area (Å²) in [6.45, 7) is 6.74. The van der Waals surface area contributed by atoms with Crippen LogP contribution in [-0.4, -0.2) is 22.5 Å². The number of benzene rings is 2. The van der Waals surface area contributed by atoms with E-state index in [9.17, 15) is 4.79 Å². The molecule has 0 atom stereocenters. The van der Waals surface area contributed by atoms with Crippen LogP contribution in [-0.2, 0) is 0 Å². The highest BCUT2D eigenvalue weighted by molar-refractivity contribution is 7.99. The molecule has 1 N–H and O–H groups in total. The van der Waals surface area contributed by atoms with E-state index in [1.54, 1.807) is 12.1 Å². The lowest BCUT2D eigenvalue weighted by molar-refractivity contribution is 0.102. The molecule has 0 saturated carbocycles. The maximum absolute atomic E-state index is 12.5. The first-order chi connectivity index (χ1) is 14.0. The molecule has 0 aliphatic carbocycles. The molecule has 29 heavy (non-hydrogen) atoms. The zero-order valence-electron chi connectivity index (χ0n) is 16.9. The van der Waals surface area contributed by atoms with Crippen LogP contribution in [0.25, 0.3) is 0 Å². The first-order valence-corrected chi connectivity index (χ1v) is 10.5. The van der Waals surface area contributed by atoms with E-state index in [0.717, 1.165) is 45.7 Å². The fourth-order valence-electron chi connectivity index (χ4n) is 2.69. The normalized spacial score (nSPS) is 10.6. The van der Waals surface area contributed by atoms with E-state index in [-0.39, 0.29) is 5.91 Å². The third kappa shape index (κ3) is 6.32. The van der Waals surface area contributed by atoms with Crippen LogP contribution in [0.3, 0.4) is 0 Å². The summed E-state index contributed by atoms with van der Waals surface area (Å²) in [5, 5.41) is 3.64. The quantitative estimate of drug-likeness (QED) is 0.385. The van der Waals surface area contributed by atoms with Crippen molar-refractivity contribution in [1.29, 1.82) is 0 Å². The molecule has 0 radical (unpaired) electrons. The average Bonchev–Trinajstić information content (AvgIpc) is 2.69. The molecule has 0 unspecified atom stereocenters. The van der Waals surface area contributed by atoms with Crippen molar-refractivity contribution < 1.29 is 9.53 Å². The molecular weight excluding hydrogens is 382 g/mol. The lowest BCUT2D eigenvalue weighted by Crippen LogP contribution is -2.11. The number of carbonyl (C=O) groups excluding carboxylic acids is 1. The number of rotatable bonds is 8. The van der Waals surface area contributed by atoms with Gasteiger partial charge in [-0.1, -0.05) is 13.3 Å². The number of aryl methyl sites for hydroxylation is 2. The van der Waals surface area contributed by atoms with Crippen molar-refractivity contribution in [3.05, 3.63) is 71.5 Å². The predicted molar refractivity (Wildman–Crippen MR) is 117 cm³/mol. The molecule has 0 fully saturated rings. The number of anilines is 1. The van der Waals surface area contributed by atoms with Crippen molar-refractivity contribution in [2.24, 2.45) is 0 Å². The third-order valence-electron chi connectivity index (χ3n) is 4.17. The van der Waals surface area contributed by atoms with Gasteiger partial charge in [-0.3, -0.25) is 4.79 Å². The number of nitrogens with one attached hydrogen (secondary N) is 1. The van der Waals surface area contributed by atoms with Crippen LogP contribution in [0.2, 0.25) is 0 Å². The highest BCUT2D eigenvalue weighted by atomic mass is 32.2. The van der Waals surface area contributed by atoms with Crippen molar-refractivity contribution in [3.8, 4) is 5.75 Å². The van der Waals surface area contributed by atoms with E-state index >= 15 is 0 Å². The molecule has 0 spiro atoms. The number of nitrogens with zero attached hydrogens (tertiary/aromatic N) is 2. The molecule has 0 bridgehead atoms. The van der Waals surface area contributed by atoms with Crippen molar-refractivity contribution in [2.45, 2.75) is 43.7 Å². The smallest absolute Gasteiger partial charge is 0.255 e. The lowest BCUT2D eigenvalue weighted by atomic mass is 10.2. The molecule has 5 nitrogen and oxygen atoms in total. The van der Waals surface area contributed by atoms with Crippen molar-refractivity contribution in [1.82, 2.24) is 9.97 Å². The summed E-state index contributed by atoms with van der Waals surface area (Å²) in [6.07, 6.45) is 2.11. The topological polar surface area (TPSA) is 64.1 Å². The average molecular weight is 408 g/mol. The van der Waals surface area contributed by atoms with E-state index < -0.39 is 0 Å². The van der Waals surface area contributed by atoms with Gasteiger partial charge in [0.25, 0.3) is 5.91 Å². The zero-order valence-corrected chi connectivity index (χ0v) is 17.8. The molecular formula is C23H25N3O2S. The number of hydrogen-bond acceptors (Lipinski definition) is 5. The Hall–Kier alpha value is -2.86. The minimum atomic E-state index is -0.150. The van der Waals surface area contributed by atoms with Gasteiger partial charge in [0.1, 0.15) is 5.75 Å². The van der Waals surface area contributed by atoms with Gasteiger partial charge in [0.2, 0.25) is 0 Å². The van der Waals surface area contributed by atoms with E-state index in [1.165, 1.54) is 11.8 Å². The van der Waals surface area contributed by atoms with E-state index in [4.69, 9.17) is 4.74 Å². The van der Waals surface area contributed by atoms with Crippen LogP contribution in [0.1, 0.15) is 41.5 Å². The van der Waals surface area contributed by atoms with E-state index in [1.807, 2.05) is 56.3 Å². The Morgan fingerprint density at radius 3 is 2.28 bits per heavy atom. The summed E-state index contributed by atoms with van der Waals surface area (Å²) in [5.74, 6) is 0.633. The number of unbranched alkanes of at least 4 members (excludes halogenated alkanes) is 1. The summed E-state index contributed by atoms with van der Waals surface area (Å²) >= 11 is 1.50. The van der Waals surface area contributed by atoms with Crippen LogP contribution in [0.4, 0.5) is 5.69 Å². The monoisotopic (exact) mass is 407 g/mol. The number of aromatic nitrogens is 2. The van der Waals surface area contributed by atoms with Gasteiger partial charge < -0.3 is 10.1 Å². The van der Waals surface area contributed by atoms with Gasteiger partial charge in [0, 0.05) is 27.5 Å². The number of hydrogen-bond donors (Lipinski definition) is 1. The summed E-state index contributed by atoms with van der Waals surface area (Å²) in [7, 11) is 0. The number of carbonyl (C=O) groups is 1. The summed E-state index contributed by atoms with van der Waals surface area (Å²) in [5.41, 5.74) is 3.23. The van der Waals surface area contributed by atoms with Gasteiger partial charge in [0.15, 0.2) is 5.16 Å². The van der Waals surface area contributed by atoms with Gasteiger partial charge in [0.05, 0.1) is 6.61 Å². The molecule has 1 amide bonds. The highest BCUT2D eigenvalue weighted by Gasteiger charge is 2.08. The molecule has 1 aromatic heterocycles. The Labute approximate surface area is 175 Å². The Kier molecular flexibility index (Phi) is 7.25. The minimum absolute atomic E-state index is 0.150. The number of ether oxygens (including phenoxy) is 1. The molecule has 0 aliphatic heterocycles. The summed E-state index contributed by atoms with van der Waals surface area (Å²) in [6, 6.07) is 16.8. The highest BCUT2D eigenvalue weighted by Crippen LogP contribution is 2.26. The molecule has 0 saturated heterocycles. The Morgan fingerprint density at radius 2 is 1.66 bits per heavy atom. The van der Waals surface area contributed by atoms with Crippen LogP contribution in [0.15, 0.2) is 64.6 Å². The van der Waals surface area contributed by atoms with Crippen molar-refractivity contribution >= 4 is 23.4 Å². The first-order valence-electron chi connectivity index (χ1n) is 9.68. The standard InChI is InChI=1S/C23H25N3O2S/c1-4-5-14-28-20-10-6-18(7-11-20)22(27)26-19-8-12-21(13-9-19)29-23-24-16(2)15-17(3)25-23/h6-13,15H,4-5,14H2,1-3H3,(H,26,27). The maximum atomic E-state index is 12.5.